The number of esters is 1. The van der Waals surface area contributed by atoms with E-state index in [0.29, 0.717) is 43.2 Å². The molecule has 1 saturated heterocycles. The Balaban J connectivity index is 1.26. The molecule has 0 aromatic carbocycles. The zero-order valence-corrected chi connectivity index (χ0v) is 16.3. The van der Waals surface area contributed by atoms with Crippen LogP contribution in [0.15, 0.2) is 39.7 Å². The van der Waals surface area contributed by atoms with E-state index < -0.39 is 5.91 Å². The first kappa shape index (κ1) is 19.1. The average Bonchev–Trinajstić information content (AvgIpc) is 3.44. The summed E-state index contributed by atoms with van der Waals surface area (Å²) in [6.45, 7) is 1.34. The molecule has 0 spiro atoms. The molecular weight excluding hydrogens is 394 g/mol. The van der Waals surface area contributed by atoms with Crippen molar-refractivity contribution < 1.29 is 18.8 Å². The maximum Gasteiger partial charge on any atom is 0.309 e. The molecule has 9 nitrogen and oxygen atoms in total. The van der Waals surface area contributed by atoms with E-state index in [1.54, 1.807) is 12.1 Å². The lowest BCUT2D eigenvalue weighted by molar-refractivity contribution is -0.150. The predicted molar refractivity (Wildman–Crippen MR) is 105 cm³/mol. The van der Waals surface area contributed by atoms with Gasteiger partial charge in [0.1, 0.15) is 5.82 Å². The minimum absolute atomic E-state index is 0.0111. The molecule has 2 N–H and O–H groups in total. The molecule has 1 fully saturated rings. The van der Waals surface area contributed by atoms with Crippen molar-refractivity contribution in [2.75, 3.05) is 18.0 Å². The first-order valence-electron chi connectivity index (χ1n) is 9.13. The molecule has 1 amide bonds. The molecule has 0 radical (unpaired) electrons. The van der Waals surface area contributed by atoms with Crippen molar-refractivity contribution >= 4 is 29.0 Å². The van der Waals surface area contributed by atoms with Gasteiger partial charge in [-0.1, -0.05) is 5.16 Å². The monoisotopic (exact) mass is 413 g/mol. The summed E-state index contributed by atoms with van der Waals surface area (Å²) in [6.07, 6.45) is 2.78. The minimum atomic E-state index is -0.505. The highest BCUT2D eigenvalue weighted by Crippen LogP contribution is 2.24. The Morgan fingerprint density at radius 2 is 2.10 bits per heavy atom. The lowest BCUT2D eigenvalue weighted by Gasteiger charge is -2.31. The van der Waals surface area contributed by atoms with E-state index in [2.05, 4.69) is 20.0 Å². The van der Waals surface area contributed by atoms with Crippen molar-refractivity contribution in [3.8, 4) is 11.5 Å². The first-order chi connectivity index (χ1) is 14.1. The van der Waals surface area contributed by atoms with Crippen LogP contribution in [0, 0.1) is 5.92 Å². The van der Waals surface area contributed by atoms with Crippen molar-refractivity contribution in [2.45, 2.75) is 19.4 Å². The van der Waals surface area contributed by atoms with Crippen molar-refractivity contribution in [3.63, 3.8) is 0 Å². The number of primary amides is 1. The van der Waals surface area contributed by atoms with Gasteiger partial charge in [-0.15, -0.1) is 0 Å². The summed E-state index contributed by atoms with van der Waals surface area (Å²) in [6, 6.07) is 5.30. The van der Waals surface area contributed by atoms with Gasteiger partial charge >= 0.3 is 5.97 Å². The van der Waals surface area contributed by atoms with Gasteiger partial charge in [0.15, 0.2) is 6.61 Å². The summed E-state index contributed by atoms with van der Waals surface area (Å²) >= 11 is 1.54. The van der Waals surface area contributed by atoms with E-state index in [4.69, 9.17) is 15.0 Å². The lowest BCUT2D eigenvalue weighted by atomic mass is 9.97. The fourth-order valence-electron chi connectivity index (χ4n) is 3.13. The van der Waals surface area contributed by atoms with E-state index in [1.807, 2.05) is 16.8 Å². The fourth-order valence-corrected chi connectivity index (χ4v) is 3.76. The number of nitrogens with zero attached hydrogens (tertiary/aromatic N) is 4. The summed E-state index contributed by atoms with van der Waals surface area (Å²) in [4.78, 5) is 34.1. The number of piperidine rings is 1. The molecule has 29 heavy (non-hydrogen) atoms. The molecule has 10 heteroatoms. The molecule has 1 aliphatic heterocycles. The number of anilines is 1. The van der Waals surface area contributed by atoms with Gasteiger partial charge in [-0.05, 0) is 36.4 Å². The highest BCUT2D eigenvalue weighted by Gasteiger charge is 2.27. The van der Waals surface area contributed by atoms with Crippen LogP contribution in [0.25, 0.3) is 11.5 Å². The molecule has 0 saturated carbocycles. The van der Waals surface area contributed by atoms with Crippen LogP contribution < -0.4 is 10.6 Å². The number of hydrogen-bond donors (Lipinski definition) is 1. The van der Waals surface area contributed by atoms with E-state index in [-0.39, 0.29) is 18.5 Å². The highest BCUT2D eigenvalue weighted by atomic mass is 32.1. The SMILES string of the molecule is NC(=O)c1ccc(N2CCC(C(=O)OCc3noc(-c4ccsc4)n3)CC2)nc1. The Labute approximate surface area is 170 Å². The molecule has 4 rings (SSSR count). The average molecular weight is 413 g/mol. The second-order valence-corrected chi connectivity index (χ2v) is 7.45. The number of nitrogens with two attached hydrogens (primary N) is 1. The van der Waals surface area contributed by atoms with Gasteiger partial charge in [-0.25, -0.2) is 4.98 Å². The number of pyridine rings is 1. The maximum atomic E-state index is 12.4. The third-order valence-electron chi connectivity index (χ3n) is 4.76. The first-order valence-corrected chi connectivity index (χ1v) is 10.1. The van der Waals surface area contributed by atoms with Crippen LogP contribution in [-0.4, -0.2) is 40.1 Å². The Hall–Kier alpha value is -3.27. The molecule has 0 aliphatic carbocycles. The van der Waals surface area contributed by atoms with E-state index in [9.17, 15) is 9.59 Å². The van der Waals surface area contributed by atoms with Crippen molar-refractivity contribution in [1.82, 2.24) is 15.1 Å². The second kappa shape index (κ2) is 8.39. The Kier molecular flexibility index (Phi) is 5.52. The number of ether oxygens (including phenoxy) is 1. The number of hydrogen-bond acceptors (Lipinski definition) is 9. The molecule has 3 aromatic heterocycles. The normalized spacial score (nSPS) is 14.7. The molecule has 0 unspecified atom stereocenters. The third kappa shape index (κ3) is 4.43. The van der Waals surface area contributed by atoms with Gasteiger partial charge in [-0.3, -0.25) is 9.59 Å². The number of carbonyl (C=O) groups is 2. The molecule has 3 aromatic rings. The number of amides is 1. The van der Waals surface area contributed by atoms with E-state index >= 15 is 0 Å². The summed E-state index contributed by atoms with van der Waals surface area (Å²) in [5.74, 6) is 0.572. The van der Waals surface area contributed by atoms with Gasteiger partial charge in [0.05, 0.1) is 17.0 Å². The molecule has 4 heterocycles. The summed E-state index contributed by atoms with van der Waals surface area (Å²) < 4.78 is 10.6. The molecule has 150 valence electrons. The largest absolute Gasteiger partial charge is 0.457 e. The Morgan fingerprint density at radius 1 is 1.28 bits per heavy atom. The number of aromatic nitrogens is 3. The molecule has 0 bridgehead atoms. The van der Waals surface area contributed by atoms with Gasteiger partial charge in [0.2, 0.25) is 11.7 Å². The number of thiophene rings is 1. The van der Waals surface area contributed by atoms with Crippen LogP contribution in [0.4, 0.5) is 5.82 Å². The highest BCUT2D eigenvalue weighted by molar-refractivity contribution is 7.08. The van der Waals surface area contributed by atoms with Crippen molar-refractivity contribution in [2.24, 2.45) is 11.7 Å². The van der Waals surface area contributed by atoms with Gasteiger partial charge < -0.3 is 19.9 Å². The van der Waals surface area contributed by atoms with Crippen molar-refractivity contribution in [1.29, 1.82) is 0 Å². The predicted octanol–water partition coefficient (Wildman–Crippen LogP) is 2.25. The number of carbonyl (C=O) groups excluding carboxylic acids is 2. The molecule has 0 atom stereocenters. The van der Waals surface area contributed by atoms with Crippen LogP contribution in [-0.2, 0) is 16.1 Å². The topological polar surface area (TPSA) is 124 Å². The molecular formula is C19H19N5O4S. The molecule has 1 aliphatic rings. The standard InChI is InChI=1S/C19H19N5O4S/c20-17(25)13-1-2-16(21-9-13)24-6-3-12(4-7-24)19(26)27-10-15-22-18(28-23-15)14-5-8-29-11-14/h1-2,5,8-9,11-12H,3-4,6-7,10H2,(H2,20,25). The quantitative estimate of drug-likeness (QED) is 0.610. The lowest BCUT2D eigenvalue weighted by Crippen LogP contribution is -2.37. The van der Waals surface area contributed by atoms with Crippen LogP contribution >= 0.6 is 11.3 Å². The van der Waals surface area contributed by atoms with Crippen LogP contribution in [0.5, 0.6) is 0 Å². The van der Waals surface area contributed by atoms with E-state index in [1.165, 1.54) is 17.5 Å². The van der Waals surface area contributed by atoms with Gasteiger partial charge in [-0.2, -0.15) is 16.3 Å². The van der Waals surface area contributed by atoms with Crippen LogP contribution in [0.1, 0.15) is 29.0 Å². The second-order valence-electron chi connectivity index (χ2n) is 6.67. The maximum absolute atomic E-state index is 12.4. The minimum Gasteiger partial charge on any atom is -0.457 e. The summed E-state index contributed by atoms with van der Waals surface area (Å²) in [7, 11) is 0. The zero-order valence-electron chi connectivity index (χ0n) is 15.5. The van der Waals surface area contributed by atoms with Crippen LogP contribution in [0.2, 0.25) is 0 Å². The van der Waals surface area contributed by atoms with Crippen LogP contribution in [0.3, 0.4) is 0 Å². The van der Waals surface area contributed by atoms with Crippen molar-refractivity contribution in [3.05, 3.63) is 46.5 Å². The third-order valence-corrected chi connectivity index (χ3v) is 5.45. The summed E-state index contributed by atoms with van der Waals surface area (Å²) in [5.41, 5.74) is 6.45. The number of rotatable bonds is 6. The smallest absolute Gasteiger partial charge is 0.309 e. The Bertz CT molecular complexity index is 978. The van der Waals surface area contributed by atoms with Gasteiger partial charge in [0.25, 0.3) is 5.89 Å². The summed E-state index contributed by atoms with van der Waals surface area (Å²) in [5, 5.41) is 7.69. The fraction of sp³-hybridized carbons (Fsp3) is 0.316. The Morgan fingerprint density at radius 3 is 2.76 bits per heavy atom. The van der Waals surface area contributed by atoms with Gasteiger partial charge in [0, 0.05) is 24.7 Å². The zero-order chi connectivity index (χ0) is 20.2. The van der Waals surface area contributed by atoms with E-state index in [0.717, 1.165) is 11.4 Å².